The van der Waals surface area contributed by atoms with Crippen molar-refractivity contribution in [2.75, 3.05) is 0 Å². The van der Waals surface area contributed by atoms with Crippen LogP contribution in [0.5, 0.6) is 0 Å². The van der Waals surface area contributed by atoms with Gasteiger partial charge in [0.15, 0.2) is 15.5 Å². The molecule has 9 heteroatoms. The van der Waals surface area contributed by atoms with Crippen LogP contribution in [0.3, 0.4) is 0 Å². The number of imidazole rings is 1. The van der Waals surface area contributed by atoms with E-state index in [0.29, 0.717) is 42.0 Å². The fourth-order valence-electron chi connectivity index (χ4n) is 5.53. The summed E-state index contributed by atoms with van der Waals surface area (Å²) in [7, 11) is -3.48. The quantitative estimate of drug-likeness (QED) is 0.467. The molecule has 184 valence electrons. The minimum atomic E-state index is -3.48. The summed E-state index contributed by atoms with van der Waals surface area (Å²) in [6.07, 6.45) is 12.1. The number of rotatable bonds is 7. The second-order valence-corrected chi connectivity index (χ2v) is 12.7. The van der Waals surface area contributed by atoms with E-state index in [9.17, 15) is 13.7 Å². The van der Waals surface area contributed by atoms with Crippen molar-refractivity contribution < 1.29 is 8.42 Å². The molecule has 5 rings (SSSR count). The molecule has 2 aliphatic rings. The van der Waals surface area contributed by atoms with Gasteiger partial charge in [0.2, 0.25) is 0 Å². The molecule has 2 N–H and O–H groups in total. The molecule has 7 nitrogen and oxygen atoms in total. The third-order valence-corrected chi connectivity index (χ3v) is 10.9. The van der Waals surface area contributed by atoms with Gasteiger partial charge in [-0.1, -0.05) is 42.5 Å². The molecule has 3 aromatic rings. The van der Waals surface area contributed by atoms with Crippen molar-refractivity contribution in [3.63, 3.8) is 0 Å². The highest BCUT2D eigenvalue weighted by Gasteiger charge is 2.48. The molecule has 1 aromatic carbocycles. The fraction of sp³-hybridized carbons (Fsp3) is 0.296. The number of aromatic nitrogens is 2. The van der Waals surface area contributed by atoms with Gasteiger partial charge in [0.1, 0.15) is 10.3 Å². The zero-order valence-electron chi connectivity index (χ0n) is 19.7. The molecule has 0 amide bonds. The molecule has 0 bridgehead atoms. The zero-order chi connectivity index (χ0) is 25.0. The predicted octanol–water partition coefficient (Wildman–Crippen LogP) is 4.81. The Hall–Kier alpha value is -3.48. The second kappa shape index (κ2) is 10.2. The Morgan fingerprint density at radius 2 is 2.06 bits per heavy atom. The van der Waals surface area contributed by atoms with Crippen molar-refractivity contribution >= 4 is 26.9 Å². The number of hydrazone groups is 1. The highest BCUT2D eigenvalue weighted by Crippen LogP contribution is 2.50. The van der Waals surface area contributed by atoms with E-state index in [-0.39, 0.29) is 5.92 Å². The van der Waals surface area contributed by atoms with Gasteiger partial charge in [-0.2, -0.15) is 10.4 Å². The lowest BCUT2D eigenvalue weighted by molar-refractivity contribution is 0.168. The van der Waals surface area contributed by atoms with Crippen LogP contribution in [0, 0.1) is 22.7 Å². The third-order valence-electron chi connectivity index (χ3n) is 7.18. The van der Waals surface area contributed by atoms with E-state index in [4.69, 9.17) is 0 Å². The molecular weight excluding hydrogens is 490 g/mol. The number of allylic oxidation sites excluding steroid dienone is 4. The first-order chi connectivity index (χ1) is 17.5. The van der Waals surface area contributed by atoms with Crippen LogP contribution in [0.1, 0.15) is 30.5 Å². The third kappa shape index (κ3) is 4.92. The Morgan fingerprint density at radius 3 is 2.78 bits per heavy atom. The number of H-pyrrole nitrogens is 1. The van der Waals surface area contributed by atoms with Crippen molar-refractivity contribution in [3.05, 3.63) is 95.6 Å². The van der Waals surface area contributed by atoms with Crippen molar-refractivity contribution in [2.45, 2.75) is 41.6 Å². The second-order valence-electron chi connectivity index (χ2n) is 9.40. The summed E-state index contributed by atoms with van der Waals surface area (Å²) in [6, 6.07) is 15.7. The van der Waals surface area contributed by atoms with Gasteiger partial charge >= 0.3 is 0 Å². The summed E-state index contributed by atoms with van der Waals surface area (Å²) in [4.78, 5) is 7.43. The SMILES string of the molecule is N#CC1=NNC([C@]2(Cc3cnc[nH]3)CCC(S(=O)(=O)c3cccs3)C(Cc3ccccc3)C2)=CC=C1. The summed E-state index contributed by atoms with van der Waals surface area (Å²) in [5, 5.41) is 15.0. The highest BCUT2D eigenvalue weighted by atomic mass is 32.2. The van der Waals surface area contributed by atoms with E-state index in [1.54, 1.807) is 24.5 Å². The average molecular weight is 518 g/mol. The fourth-order valence-corrected chi connectivity index (χ4v) is 8.74. The molecule has 1 fully saturated rings. The average Bonchev–Trinajstić information content (AvgIpc) is 3.56. The smallest absolute Gasteiger partial charge is 0.190 e. The normalized spacial score (nSPS) is 24.2. The number of nitrogens with zero attached hydrogens (tertiary/aromatic N) is 3. The Bertz CT molecular complexity index is 1420. The van der Waals surface area contributed by atoms with Crippen LogP contribution >= 0.6 is 11.3 Å². The molecule has 0 radical (unpaired) electrons. The van der Waals surface area contributed by atoms with Gasteiger partial charge in [0.25, 0.3) is 0 Å². The molecule has 1 saturated carbocycles. The summed E-state index contributed by atoms with van der Waals surface area (Å²) in [5.41, 5.74) is 6.05. The maximum Gasteiger partial charge on any atom is 0.190 e. The minimum Gasteiger partial charge on any atom is -0.348 e. The zero-order valence-corrected chi connectivity index (χ0v) is 21.3. The summed E-state index contributed by atoms with van der Waals surface area (Å²) >= 11 is 1.29. The molecule has 3 atom stereocenters. The number of sulfone groups is 1. The lowest BCUT2D eigenvalue weighted by Gasteiger charge is -2.45. The molecule has 0 saturated heterocycles. The summed E-state index contributed by atoms with van der Waals surface area (Å²) in [6.45, 7) is 0. The topological polar surface area (TPSA) is 111 Å². The van der Waals surface area contributed by atoms with Gasteiger partial charge < -0.3 is 4.98 Å². The molecule has 3 heterocycles. The number of aromatic amines is 1. The number of hydrogen-bond donors (Lipinski definition) is 2. The molecule has 1 aliphatic carbocycles. The van der Waals surface area contributed by atoms with E-state index < -0.39 is 20.5 Å². The number of thiophene rings is 1. The van der Waals surface area contributed by atoms with Gasteiger partial charge in [0.05, 0.1) is 11.6 Å². The summed E-state index contributed by atoms with van der Waals surface area (Å²) in [5.74, 6) is -0.106. The summed E-state index contributed by atoms with van der Waals surface area (Å²) < 4.78 is 28.0. The number of nitrogens with one attached hydrogen (secondary N) is 2. The van der Waals surface area contributed by atoms with Crippen LogP contribution in [-0.4, -0.2) is 29.3 Å². The lowest BCUT2D eigenvalue weighted by Crippen LogP contribution is -2.45. The Balaban J connectivity index is 1.55. The minimum absolute atomic E-state index is 0.106. The number of benzene rings is 1. The van der Waals surface area contributed by atoms with Crippen LogP contribution < -0.4 is 5.43 Å². The van der Waals surface area contributed by atoms with E-state index >= 15 is 0 Å². The largest absolute Gasteiger partial charge is 0.348 e. The molecule has 2 aromatic heterocycles. The maximum atomic E-state index is 13.8. The predicted molar refractivity (Wildman–Crippen MR) is 141 cm³/mol. The van der Waals surface area contributed by atoms with Gasteiger partial charge in [-0.3, -0.25) is 5.43 Å². The van der Waals surface area contributed by atoms with Crippen LogP contribution in [0.4, 0.5) is 0 Å². The molecule has 1 aliphatic heterocycles. The standard InChI is InChI=1S/C27H27N5O2S2/c28-17-22-8-4-9-25(32-31-22)27(16-23-18-29-19-30-23)12-11-24(36(33,34)26-10-5-13-35-26)21(15-27)14-20-6-2-1-3-7-20/h1-10,13,18-19,21,24,32H,11-12,14-16H2,(H,29,30)/t21?,24?,27-/m1/s1. The number of nitriles is 1. The van der Waals surface area contributed by atoms with E-state index in [0.717, 1.165) is 17.0 Å². The Labute approximate surface area is 215 Å². The highest BCUT2D eigenvalue weighted by molar-refractivity contribution is 7.94. The molecule has 2 unspecified atom stereocenters. The van der Waals surface area contributed by atoms with E-state index in [1.165, 1.54) is 11.3 Å². The van der Waals surface area contributed by atoms with Crippen molar-refractivity contribution in [1.29, 1.82) is 5.26 Å². The first kappa shape index (κ1) is 24.2. The van der Waals surface area contributed by atoms with E-state index in [2.05, 4.69) is 38.7 Å². The maximum absolute atomic E-state index is 13.8. The monoisotopic (exact) mass is 517 g/mol. The van der Waals surface area contributed by atoms with Crippen molar-refractivity contribution in [3.8, 4) is 6.07 Å². The van der Waals surface area contributed by atoms with E-state index in [1.807, 2.05) is 41.9 Å². The molecule has 36 heavy (non-hydrogen) atoms. The number of hydrogen-bond acceptors (Lipinski definition) is 7. The van der Waals surface area contributed by atoms with Crippen LogP contribution in [0.2, 0.25) is 0 Å². The van der Waals surface area contributed by atoms with Gasteiger partial charge in [0, 0.05) is 29.4 Å². The van der Waals surface area contributed by atoms with Crippen LogP contribution in [0.25, 0.3) is 0 Å². The van der Waals surface area contributed by atoms with Gasteiger partial charge in [-0.15, -0.1) is 11.3 Å². The van der Waals surface area contributed by atoms with Crippen LogP contribution in [-0.2, 0) is 22.7 Å². The molecular formula is C27H27N5O2S2. The Morgan fingerprint density at radius 1 is 1.19 bits per heavy atom. The van der Waals surface area contributed by atoms with Crippen molar-refractivity contribution in [2.24, 2.45) is 16.4 Å². The first-order valence-electron chi connectivity index (χ1n) is 11.9. The van der Waals surface area contributed by atoms with Gasteiger partial charge in [-0.25, -0.2) is 13.4 Å². The first-order valence-corrected chi connectivity index (χ1v) is 14.3. The van der Waals surface area contributed by atoms with Crippen LogP contribution in [0.15, 0.2) is 93.6 Å². The van der Waals surface area contributed by atoms with Crippen molar-refractivity contribution in [1.82, 2.24) is 15.4 Å². The molecule has 0 spiro atoms. The van der Waals surface area contributed by atoms with Gasteiger partial charge in [-0.05, 0) is 60.8 Å². The lowest BCUT2D eigenvalue weighted by atomic mass is 9.64. The Kier molecular flexibility index (Phi) is 6.90.